The number of carbonyl (C=O) groups excluding carboxylic acids is 1. The molecule has 0 unspecified atom stereocenters. The summed E-state index contributed by atoms with van der Waals surface area (Å²) in [5.74, 6) is 1.89. The van der Waals surface area contributed by atoms with Crippen LogP contribution in [0, 0.1) is 0 Å². The molecule has 3 fully saturated rings. The zero-order valence-electron chi connectivity index (χ0n) is 27.1. The lowest BCUT2D eigenvalue weighted by Crippen LogP contribution is -2.52. The van der Waals surface area contributed by atoms with Crippen LogP contribution in [0.15, 0.2) is 55.4 Å². The van der Waals surface area contributed by atoms with Gasteiger partial charge in [-0.3, -0.25) is 14.5 Å². The maximum Gasteiger partial charge on any atom is 0.158 e. The second kappa shape index (κ2) is 15.2. The van der Waals surface area contributed by atoms with E-state index in [-0.39, 0.29) is 11.8 Å². The molecule has 47 heavy (non-hydrogen) atoms. The van der Waals surface area contributed by atoms with Crippen molar-refractivity contribution >= 4 is 52.0 Å². The summed E-state index contributed by atoms with van der Waals surface area (Å²) in [7, 11) is 3.87. The molecule has 10 nitrogen and oxygen atoms in total. The van der Waals surface area contributed by atoms with Gasteiger partial charge in [0.25, 0.3) is 0 Å². The highest BCUT2D eigenvalue weighted by atomic mass is 35.5. The minimum Gasteiger partial charge on any atom is -0.494 e. The molecular formula is C35H43Cl2N7O3. The smallest absolute Gasteiger partial charge is 0.158 e. The number of piperazine rings is 1. The Morgan fingerprint density at radius 2 is 1.87 bits per heavy atom. The van der Waals surface area contributed by atoms with Gasteiger partial charge in [0.2, 0.25) is 0 Å². The Kier molecular flexibility index (Phi) is 10.8. The van der Waals surface area contributed by atoms with Crippen molar-refractivity contribution in [1.29, 1.82) is 0 Å². The number of ketones is 1. The lowest BCUT2D eigenvalue weighted by molar-refractivity contribution is -0.114. The summed E-state index contributed by atoms with van der Waals surface area (Å²) in [5.41, 5.74) is 3.82. The van der Waals surface area contributed by atoms with Crippen LogP contribution < -0.4 is 20.0 Å². The van der Waals surface area contributed by atoms with Gasteiger partial charge in [0.05, 0.1) is 35.5 Å². The Balaban J connectivity index is 1.23. The van der Waals surface area contributed by atoms with Crippen LogP contribution in [0.25, 0.3) is 0 Å². The first-order valence-electron chi connectivity index (χ1n) is 16.3. The molecule has 1 aromatic heterocycles. The molecule has 4 heterocycles. The van der Waals surface area contributed by atoms with Gasteiger partial charge in [-0.1, -0.05) is 41.9 Å². The van der Waals surface area contributed by atoms with Gasteiger partial charge in [0.1, 0.15) is 17.9 Å². The van der Waals surface area contributed by atoms with Gasteiger partial charge < -0.3 is 19.9 Å². The van der Waals surface area contributed by atoms with E-state index < -0.39 is 0 Å². The topological polar surface area (TPSA) is 86.3 Å². The number of piperidine rings is 1. The SMILES string of the molecule is C=CC(=O)CCc1cc(Nc2cc(N3OCC[C@@H]3c3cccc(Cl)c3Cl)ncn2)c(OC)cc1N1CCC(N2CCN(C)CC2)CC1. The lowest BCUT2D eigenvalue weighted by Gasteiger charge is -2.43. The van der Waals surface area contributed by atoms with Gasteiger partial charge in [-0.2, -0.15) is 0 Å². The average Bonchev–Trinajstić information content (AvgIpc) is 3.59. The van der Waals surface area contributed by atoms with Crippen LogP contribution in [0.1, 0.15) is 42.9 Å². The van der Waals surface area contributed by atoms with E-state index in [0.29, 0.717) is 52.9 Å². The number of aromatic nitrogens is 2. The number of nitrogens with one attached hydrogen (secondary N) is 1. The van der Waals surface area contributed by atoms with Gasteiger partial charge in [0.15, 0.2) is 11.6 Å². The highest BCUT2D eigenvalue weighted by molar-refractivity contribution is 6.42. The Hall–Kier alpha value is -3.41. The van der Waals surface area contributed by atoms with Crippen molar-refractivity contribution in [3.05, 3.63) is 76.6 Å². The molecule has 0 radical (unpaired) electrons. The van der Waals surface area contributed by atoms with E-state index in [1.807, 2.05) is 18.2 Å². The molecule has 3 aliphatic rings. The molecule has 12 heteroatoms. The number of hydrogen-bond donors (Lipinski definition) is 1. The number of rotatable bonds is 11. The summed E-state index contributed by atoms with van der Waals surface area (Å²) in [6.07, 6.45) is 6.85. The van der Waals surface area contributed by atoms with E-state index in [4.69, 9.17) is 32.8 Å². The summed E-state index contributed by atoms with van der Waals surface area (Å²) in [5, 5.41) is 6.23. The van der Waals surface area contributed by atoms with Crippen molar-refractivity contribution in [1.82, 2.24) is 19.8 Å². The summed E-state index contributed by atoms with van der Waals surface area (Å²) < 4.78 is 5.92. The Bertz CT molecular complexity index is 1570. The summed E-state index contributed by atoms with van der Waals surface area (Å²) >= 11 is 12.9. The first-order valence-corrected chi connectivity index (χ1v) is 17.1. The van der Waals surface area contributed by atoms with Gasteiger partial charge >= 0.3 is 0 Å². The van der Waals surface area contributed by atoms with Gasteiger partial charge in [0, 0.05) is 76.0 Å². The van der Waals surface area contributed by atoms with E-state index in [0.717, 1.165) is 81.0 Å². The third-order valence-electron chi connectivity index (χ3n) is 9.51. The number of likely N-dealkylation sites (N-methyl/N-ethyl adjacent to an activating group) is 1. The van der Waals surface area contributed by atoms with Crippen LogP contribution in [-0.2, 0) is 16.1 Å². The van der Waals surface area contributed by atoms with Crippen molar-refractivity contribution in [2.24, 2.45) is 0 Å². The normalized spacial score (nSPS) is 19.6. The quantitative estimate of drug-likeness (QED) is 0.232. The predicted octanol–water partition coefficient (Wildman–Crippen LogP) is 6.32. The molecule has 0 spiro atoms. The number of benzene rings is 2. The molecule has 3 aliphatic heterocycles. The fourth-order valence-corrected chi connectivity index (χ4v) is 7.26. The second-order valence-corrected chi connectivity index (χ2v) is 13.2. The van der Waals surface area contributed by atoms with E-state index >= 15 is 0 Å². The van der Waals surface area contributed by atoms with Crippen molar-refractivity contribution in [2.45, 2.75) is 44.2 Å². The summed E-state index contributed by atoms with van der Waals surface area (Å²) in [6, 6.07) is 12.1. The van der Waals surface area contributed by atoms with Crippen molar-refractivity contribution in [2.75, 3.05) is 75.3 Å². The number of ether oxygens (including phenoxy) is 1. The number of anilines is 4. The summed E-state index contributed by atoms with van der Waals surface area (Å²) in [4.78, 5) is 34.8. The minimum atomic E-state index is -0.146. The monoisotopic (exact) mass is 679 g/mol. The molecule has 0 aliphatic carbocycles. The number of halogens is 2. The Morgan fingerprint density at radius 1 is 1.09 bits per heavy atom. The van der Waals surface area contributed by atoms with Crippen LogP contribution in [-0.4, -0.2) is 91.6 Å². The van der Waals surface area contributed by atoms with Crippen molar-refractivity contribution in [3.8, 4) is 5.75 Å². The third kappa shape index (κ3) is 7.68. The minimum absolute atomic E-state index is 0.0236. The number of aryl methyl sites for hydroxylation is 1. The molecule has 2 aromatic carbocycles. The first kappa shape index (κ1) is 33.5. The number of nitrogens with zero attached hydrogens (tertiary/aromatic N) is 6. The standard InChI is InChI=1S/C35H43Cl2N7O3/c1-4-26(45)9-8-24-20-29(32(46-3)21-31(24)43-13-10-25(11-14-43)42-17-15-41(2)16-18-42)40-33-22-34(39-23-38-33)44-30(12-19-47-44)27-6-5-7-28(36)35(27)37/h4-7,20-23,25,30H,1,8-19H2,2-3H3,(H,38,39,40)/t30-/m1/s1. The predicted molar refractivity (Wildman–Crippen MR) is 188 cm³/mol. The number of hydroxylamine groups is 1. The van der Waals surface area contributed by atoms with Gasteiger partial charge in [-0.15, -0.1) is 0 Å². The van der Waals surface area contributed by atoms with Crippen LogP contribution in [0.2, 0.25) is 10.0 Å². The number of methoxy groups -OCH3 is 1. The van der Waals surface area contributed by atoms with Crippen LogP contribution in [0.3, 0.4) is 0 Å². The zero-order chi connectivity index (χ0) is 32.9. The fraction of sp³-hybridized carbons (Fsp3) is 0.457. The molecular weight excluding hydrogens is 637 g/mol. The number of hydrogen-bond acceptors (Lipinski definition) is 10. The van der Waals surface area contributed by atoms with Crippen LogP contribution >= 0.6 is 23.2 Å². The highest BCUT2D eigenvalue weighted by Gasteiger charge is 2.32. The molecule has 0 saturated carbocycles. The number of allylic oxidation sites excluding steroid dienone is 1. The van der Waals surface area contributed by atoms with Gasteiger partial charge in [-0.05, 0) is 55.6 Å². The first-order chi connectivity index (χ1) is 22.8. The highest BCUT2D eigenvalue weighted by Crippen LogP contribution is 2.41. The number of carbonyl (C=O) groups is 1. The Labute approximate surface area is 287 Å². The van der Waals surface area contributed by atoms with Crippen LogP contribution in [0.5, 0.6) is 5.75 Å². The summed E-state index contributed by atoms with van der Waals surface area (Å²) in [6.45, 7) is 10.6. The Morgan fingerprint density at radius 3 is 2.62 bits per heavy atom. The maximum atomic E-state index is 12.3. The van der Waals surface area contributed by atoms with E-state index in [2.05, 4.69) is 55.7 Å². The van der Waals surface area contributed by atoms with E-state index in [1.165, 1.54) is 12.4 Å². The fourth-order valence-electron chi connectivity index (χ4n) is 6.82. The second-order valence-electron chi connectivity index (χ2n) is 12.4. The van der Waals surface area contributed by atoms with Crippen molar-refractivity contribution in [3.63, 3.8) is 0 Å². The molecule has 0 bridgehead atoms. The van der Waals surface area contributed by atoms with E-state index in [9.17, 15) is 4.79 Å². The molecule has 0 amide bonds. The maximum absolute atomic E-state index is 12.3. The zero-order valence-corrected chi connectivity index (χ0v) is 28.6. The molecule has 1 atom stereocenters. The average molecular weight is 681 g/mol. The molecule has 3 aromatic rings. The van der Waals surface area contributed by atoms with Crippen molar-refractivity contribution < 1.29 is 14.4 Å². The molecule has 3 saturated heterocycles. The van der Waals surface area contributed by atoms with E-state index in [1.54, 1.807) is 18.2 Å². The third-order valence-corrected chi connectivity index (χ3v) is 10.3. The lowest BCUT2D eigenvalue weighted by atomic mass is 9.98. The molecule has 6 rings (SSSR count). The largest absolute Gasteiger partial charge is 0.494 e. The van der Waals surface area contributed by atoms with Gasteiger partial charge in [-0.25, -0.2) is 15.0 Å². The molecule has 250 valence electrons. The van der Waals surface area contributed by atoms with Crippen LogP contribution in [0.4, 0.5) is 23.0 Å². The molecule has 1 N–H and O–H groups in total.